The molecule has 1 heteroatoms. The van der Waals surface area contributed by atoms with E-state index in [0.717, 1.165) is 6.54 Å². The number of benzene rings is 2. The lowest BCUT2D eigenvalue weighted by Crippen LogP contribution is -2.12. The van der Waals surface area contributed by atoms with Gasteiger partial charge in [0.2, 0.25) is 0 Å². The van der Waals surface area contributed by atoms with Gasteiger partial charge in [0.1, 0.15) is 0 Å². The zero-order valence-electron chi connectivity index (χ0n) is 11.3. The summed E-state index contributed by atoms with van der Waals surface area (Å²) in [6.07, 6.45) is 0. The van der Waals surface area contributed by atoms with Gasteiger partial charge >= 0.3 is 0 Å². The molecule has 0 unspecified atom stereocenters. The van der Waals surface area contributed by atoms with E-state index in [1.54, 1.807) is 0 Å². The molecule has 0 spiro atoms. The third-order valence-corrected chi connectivity index (χ3v) is 3.19. The minimum absolute atomic E-state index is 0.882. The van der Waals surface area contributed by atoms with E-state index in [1.165, 1.54) is 27.8 Å². The number of aryl methyl sites for hydroxylation is 3. The van der Waals surface area contributed by atoms with Crippen LogP contribution >= 0.6 is 0 Å². The molecule has 0 aliphatic carbocycles. The Morgan fingerprint density at radius 2 is 1.56 bits per heavy atom. The maximum atomic E-state index is 3.39. The van der Waals surface area contributed by atoms with Crippen LogP contribution in [-0.4, -0.2) is 0 Å². The Labute approximate surface area is 110 Å². The van der Waals surface area contributed by atoms with Crippen LogP contribution in [0, 0.1) is 27.3 Å². The zero-order valence-corrected chi connectivity index (χ0v) is 11.3. The van der Waals surface area contributed by atoms with E-state index in [9.17, 15) is 0 Å². The maximum absolute atomic E-state index is 3.39. The number of rotatable bonds is 4. The van der Waals surface area contributed by atoms with Gasteiger partial charge in [-0.1, -0.05) is 48.0 Å². The van der Waals surface area contributed by atoms with E-state index in [4.69, 9.17) is 0 Å². The van der Waals surface area contributed by atoms with E-state index in [1.807, 2.05) is 6.07 Å². The summed E-state index contributed by atoms with van der Waals surface area (Å²) in [5.74, 6) is 0. The summed E-state index contributed by atoms with van der Waals surface area (Å²) in [5.41, 5.74) is 6.66. The highest BCUT2D eigenvalue weighted by Crippen LogP contribution is 2.16. The molecule has 18 heavy (non-hydrogen) atoms. The first kappa shape index (κ1) is 12.8. The van der Waals surface area contributed by atoms with Gasteiger partial charge in [-0.25, -0.2) is 0 Å². The molecule has 0 aliphatic rings. The van der Waals surface area contributed by atoms with Crippen LogP contribution in [0.25, 0.3) is 0 Å². The van der Waals surface area contributed by atoms with Crippen molar-refractivity contribution in [1.29, 1.82) is 0 Å². The molecule has 0 saturated heterocycles. The highest BCUT2D eigenvalue weighted by Gasteiger charge is 2.03. The first-order valence-corrected chi connectivity index (χ1v) is 6.35. The van der Waals surface area contributed by atoms with Crippen molar-refractivity contribution >= 4 is 0 Å². The number of hydrogen-bond acceptors (Lipinski definition) is 1. The average molecular weight is 238 g/mol. The predicted molar refractivity (Wildman–Crippen MR) is 77.3 cm³/mol. The van der Waals surface area contributed by atoms with E-state index in [2.05, 4.69) is 69.0 Å². The molecule has 1 nitrogen and oxygen atoms in total. The van der Waals surface area contributed by atoms with Crippen molar-refractivity contribution in [3.8, 4) is 0 Å². The maximum Gasteiger partial charge on any atom is 0.0521 e. The molecule has 0 bridgehead atoms. The van der Waals surface area contributed by atoms with Gasteiger partial charge in [-0.05, 0) is 43.0 Å². The molecule has 1 radical (unpaired) electrons. The van der Waals surface area contributed by atoms with E-state index < -0.39 is 0 Å². The Morgan fingerprint density at radius 1 is 0.944 bits per heavy atom. The molecule has 93 valence electrons. The van der Waals surface area contributed by atoms with E-state index in [-0.39, 0.29) is 0 Å². The zero-order chi connectivity index (χ0) is 13.0. The van der Waals surface area contributed by atoms with Crippen LogP contribution in [0.3, 0.4) is 0 Å². The Balaban J connectivity index is 1.99. The third kappa shape index (κ3) is 3.21. The highest BCUT2D eigenvalue weighted by molar-refractivity contribution is 5.37. The second-order valence-electron chi connectivity index (χ2n) is 4.81. The molecule has 0 saturated carbocycles. The summed E-state index contributed by atoms with van der Waals surface area (Å²) in [6.45, 7) is 9.46. The molecule has 2 aromatic rings. The van der Waals surface area contributed by atoms with Crippen molar-refractivity contribution in [1.82, 2.24) is 5.32 Å². The lowest BCUT2D eigenvalue weighted by molar-refractivity contribution is 0.807. The van der Waals surface area contributed by atoms with Gasteiger partial charge in [-0.2, -0.15) is 0 Å². The first-order valence-electron chi connectivity index (χ1n) is 6.35. The standard InChI is InChI=1S/C17H20N/c1-13-9-14(2)17(15(3)10-13)12-18-11-16-7-5-4-6-8-16/h4-11,18H,12H2,1-3H3. The predicted octanol–water partition coefficient (Wildman–Crippen LogP) is 3.91. The fourth-order valence-corrected chi connectivity index (χ4v) is 2.31. The summed E-state index contributed by atoms with van der Waals surface area (Å²) in [7, 11) is 0. The summed E-state index contributed by atoms with van der Waals surface area (Å²) < 4.78 is 0. The van der Waals surface area contributed by atoms with Crippen LogP contribution in [0.1, 0.15) is 27.8 Å². The Kier molecular flexibility index (Phi) is 4.16. The molecule has 0 atom stereocenters. The fourth-order valence-electron chi connectivity index (χ4n) is 2.31. The summed E-state index contributed by atoms with van der Waals surface area (Å²) >= 11 is 0. The van der Waals surface area contributed by atoms with Gasteiger partial charge < -0.3 is 5.32 Å². The monoisotopic (exact) mass is 238 g/mol. The molecule has 0 fully saturated rings. The lowest BCUT2D eigenvalue weighted by atomic mass is 10.00. The lowest BCUT2D eigenvalue weighted by Gasteiger charge is -2.12. The molecule has 1 N–H and O–H groups in total. The molecule has 2 rings (SSSR count). The number of hydrogen-bond donors (Lipinski definition) is 1. The van der Waals surface area contributed by atoms with Crippen molar-refractivity contribution in [2.24, 2.45) is 0 Å². The molecular formula is C17H20N. The Hall–Kier alpha value is -1.60. The Morgan fingerprint density at radius 3 is 2.17 bits per heavy atom. The first-order chi connectivity index (χ1) is 8.66. The van der Waals surface area contributed by atoms with Gasteiger partial charge in [-0.3, -0.25) is 0 Å². The minimum Gasteiger partial charge on any atom is -0.304 e. The van der Waals surface area contributed by atoms with Gasteiger partial charge in [-0.15, -0.1) is 0 Å². The van der Waals surface area contributed by atoms with Crippen LogP contribution in [0.4, 0.5) is 0 Å². The number of nitrogens with one attached hydrogen (secondary N) is 1. The molecule has 0 amide bonds. The van der Waals surface area contributed by atoms with Gasteiger partial charge in [0.25, 0.3) is 0 Å². The van der Waals surface area contributed by atoms with Crippen molar-refractivity contribution < 1.29 is 0 Å². The largest absolute Gasteiger partial charge is 0.304 e. The van der Waals surface area contributed by atoms with Crippen molar-refractivity contribution in [3.63, 3.8) is 0 Å². The Bertz CT molecular complexity index is 491. The van der Waals surface area contributed by atoms with Crippen molar-refractivity contribution in [2.75, 3.05) is 0 Å². The van der Waals surface area contributed by atoms with Crippen LogP contribution in [-0.2, 0) is 6.54 Å². The second-order valence-corrected chi connectivity index (χ2v) is 4.81. The third-order valence-electron chi connectivity index (χ3n) is 3.19. The minimum atomic E-state index is 0.882. The fraction of sp³-hybridized carbons (Fsp3) is 0.235. The van der Waals surface area contributed by atoms with Gasteiger partial charge in [0.15, 0.2) is 0 Å². The summed E-state index contributed by atoms with van der Waals surface area (Å²) in [4.78, 5) is 0. The SMILES string of the molecule is Cc1cc(C)c(CN[CH]c2ccccc2)c(C)c1. The van der Waals surface area contributed by atoms with Crippen LogP contribution < -0.4 is 5.32 Å². The smallest absolute Gasteiger partial charge is 0.0521 e. The topological polar surface area (TPSA) is 12.0 Å². The van der Waals surface area contributed by atoms with Gasteiger partial charge in [0, 0.05) is 6.54 Å². The van der Waals surface area contributed by atoms with E-state index in [0.29, 0.717) is 0 Å². The molecule has 0 aromatic heterocycles. The van der Waals surface area contributed by atoms with Crippen LogP contribution in [0.5, 0.6) is 0 Å². The summed E-state index contributed by atoms with van der Waals surface area (Å²) in [6, 6.07) is 14.8. The second kappa shape index (κ2) is 5.83. The molecule has 0 heterocycles. The molecular weight excluding hydrogens is 218 g/mol. The quantitative estimate of drug-likeness (QED) is 0.851. The van der Waals surface area contributed by atoms with Crippen molar-refractivity contribution in [2.45, 2.75) is 27.3 Å². The molecule has 2 aromatic carbocycles. The van der Waals surface area contributed by atoms with Crippen LogP contribution in [0.15, 0.2) is 42.5 Å². The van der Waals surface area contributed by atoms with Crippen molar-refractivity contribution in [3.05, 3.63) is 76.8 Å². The van der Waals surface area contributed by atoms with Gasteiger partial charge in [0.05, 0.1) is 6.54 Å². The summed E-state index contributed by atoms with van der Waals surface area (Å²) in [5, 5.41) is 3.39. The normalized spacial score (nSPS) is 10.6. The van der Waals surface area contributed by atoms with E-state index >= 15 is 0 Å². The molecule has 0 aliphatic heterocycles. The highest BCUT2D eigenvalue weighted by atomic mass is 14.8. The average Bonchev–Trinajstić information content (AvgIpc) is 2.34. The van der Waals surface area contributed by atoms with Crippen LogP contribution in [0.2, 0.25) is 0 Å².